The van der Waals surface area contributed by atoms with E-state index in [9.17, 15) is 0 Å². The summed E-state index contributed by atoms with van der Waals surface area (Å²) in [4.78, 5) is 2.49. The molecule has 1 aliphatic heterocycles. The summed E-state index contributed by atoms with van der Waals surface area (Å²) in [6.45, 7) is 9.69. The van der Waals surface area contributed by atoms with Crippen molar-refractivity contribution in [3.05, 3.63) is 12.2 Å². The van der Waals surface area contributed by atoms with Gasteiger partial charge in [0.2, 0.25) is 0 Å². The number of hydrogen-bond acceptors (Lipinski definition) is 1. The van der Waals surface area contributed by atoms with Gasteiger partial charge < -0.3 is 0 Å². The molecule has 0 aromatic heterocycles. The van der Waals surface area contributed by atoms with Crippen molar-refractivity contribution in [1.82, 2.24) is 4.90 Å². The van der Waals surface area contributed by atoms with Gasteiger partial charge in [-0.05, 0) is 32.9 Å². The first kappa shape index (κ1) is 7.80. The topological polar surface area (TPSA) is 3.24 Å². The van der Waals surface area contributed by atoms with Gasteiger partial charge in [0, 0.05) is 6.54 Å². The van der Waals surface area contributed by atoms with Crippen molar-refractivity contribution in [2.24, 2.45) is 0 Å². The fourth-order valence-corrected chi connectivity index (χ4v) is 1.50. The fourth-order valence-electron chi connectivity index (χ4n) is 1.50. The summed E-state index contributed by atoms with van der Waals surface area (Å²) >= 11 is 0. The van der Waals surface area contributed by atoms with E-state index >= 15 is 0 Å². The Bertz CT molecular complexity index is 112. The van der Waals surface area contributed by atoms with E-state index in [2.05, 4.69) is 18.4 Å². The molecule has 1 heteroatoms. The molecule has 0 aliphatic carbocycles. The summed E-state index contributed by atoms with van der Waals surface area (Å²) in [7, 11) is 0. The average molecular weight is 139 g/mol. The first-order valence-electron chi connectivity index (χ1n) is 4.16. The number of hydrogen-bond donors (Lipinski definition) is 0. The quantitative estimate of drug-likeness (QED) is 0.529. The molecule has 0 spiro atoms. The standard InChI is InChI=1S/C9H17N/c1-9(2)8-10-6-4-3-5-7-10/h1,3-8H2,2H3. The summed E-state index contributed by atoms with van der Waals surface area (Å²) in [5.41, 5.74) is 1.29. The van der Waals surface area contributed by atoms with Crippen LogP contribution in [0.25, 0.3) is 0 Å². The molecule has 0 saturated carbocycles. The molecule has 10 heavy (non-hydrogen) atoms. The first-order valence-corrected chi connectivity index (χ1v) is 4.16. The third-order valence-corrected chi connectivity index (χ3v) is 1.94. The molecule has 0 atom stereocenters. The fraction of sp³-hybridized carbons (Fsp3) is 0.778. The van der Waals surface area contributed by atoms with Gasteiger partial charge in [-0.1, -0.05) is 18.6 Å². The zero-order valence-corrected chi connectivity index (χ0v) is 6.90. The van der Waals surface area contributed by atoms with Crippen LogP contribution in [-0.2, 0) is 0 Å². The van der Waals surface area contributed by atoms with Crippen molar-refractivity contribution in [3.63, 3.8) is 0 Å². The van der Waals surface area contributed by atoms with Gasteiger partial charge in [0.05, 0.1) is 0 Å². The Labute approximate surface area is 63.7 Å². The second kappa shape index (κ2) is 3.77. The zero-order chi connectivity index (χ0) is 7.40. The van der Waals surface area contributed by atoms with E-state index in [0.717, 1.165) is 6.54 Å². The highest BCUT2D eigenvalue weighted by Crippen LogP contribution is 2.09. The molecule has 1 heterocycles. The Morgan fingerprint density at radius 3 is 2.40 bits per heavy atom. The monoisotopic (exact) mass is 139 g/mol. The molecule has 0 aromatic rings. The third-order valence-electron chi connectivity index (χ3n) is 1.94. The second-order valence-electron chi connectivity index (χ2n) is 3.29. The Kier molecular flexibility index (Phi) is 2.94. The molecular weight excluding hydrogens is 122 g/mol. The predicted molar refractivity (Wildman–Crippen MR) is 45.1 cm³/mol. The molecule has 1 nitrogen and oxygen atoms in total. The van der Waals surface area contributed by atoms with E-state index < -0.39 is 0 Å². The van der Waals surface area contributed by atoms with Gasteiger partial charge in [-0.2, -0.15) is 0 Å². The SMILES string of the molecule is C=C(C)CN1CCCCC1. The maximum atomic E-state index is 3.91. The lowest BCUT2D eigenvalue weighted by molar-refractivity contribution is 0.247. The summed E-state index contributed by atoms with van der Waals surface area (Å²) < 4.78 is 0. The normalized spacial score (nSPS) is 20.9. The molecule has 0 N–H and O–H groups in total. The van der Waals surface area contributed by atoms with E-state index in [1.54, 1.807) is 0 Å². The highest BCUT2D eigenvalue weighted by Gasteiger charge is 2.08. The number of rotatable bonds is 2. The van der Waals surface area contributed by atoms with Gasteiger partial charge >= 0.3 is 0 Å². The average Bonchev–Trinajstić information content (AvgIpc) is 1.88. The minimum Gasteiger partial charge on any atom is -0.299 e. The number of piperidine rings is 1. The Morgan fingerprint density at radius 1 is 1.30 bits per heavy atom. The molecule has 58 valence electrons. The van der Waals surface area contributed by atoms with Crippen LogP contribution in [0.15, 0.2) is 12.2 Å². The van der Waals surface area contributed by atoms with Crippen LogP contribution in [0.4, 0.5) is 0 Å². The molecule has 0 bridgehead atoms. The van der Waals surface area contributed by atoms with E-state index in [0.29, 0.717) is 0 Å². The summed E-state index contributed by atoms with van der Waals surface area (Å²) in [6, 6.07) is 0. The maximum absolute atomic E-state index is 3.91. The van der Waals surface area contributed by atoms with Crippen LogP contribution < -0.4 is 0 Å². The van der Waals surface area contributed by atoms with Gasteiger partial charge in [-0.3, -0.25) is 4.90 Å². The van der Waals surface area contributed by atoms with Crippen molar-refractivity contribution < 1.29 is 0 Å². The minimum absolute atomic E-state index is 1.11. The van der Waals surface area contributed by atoms with E-state index in [4.69, 9.17) is 0 Å². The largest absolute Gasteiger partial charge is 0.299 e. The molecule has 1 saturated heterocycles. The molecule has 1 fully saturated rings. The van der Waals surface area contributed by atoms with Crippen molar-refractivity contribution in [2.75, 3.05) is 19.6 Å². The Balaban J connectivity index is 2.19. The predicted octanol–water partition coefficient (Wildman–Crippen LogP) is 2.05. The van der Waals surface area contributed by atoms with Crippen molar-refractivity contribution in [3.8, 4) is 0 Å². The van der Waals surface area contributed by atoms with Crippen molar-refractivity contribution in [1.29, 1.82) is 0 Å². The lowest BCUT2D eigenvalue weighted by Gasteiger charge is -2.26. The smallest absolute Gasteiger partial charge is 0.0187 e. The van der Waals surface area contributed by atoms with Crippen molar-refractivity contribution >= 4 is 0 Å². The highest BCUT2D eigenvalue weighted by molar-refractivity contribution is 4.92. The molecule has 1 rings (SSSR count). The van der Waals surface area contributed by atoms with Gasteiger partial charge in [0.15, 0.2) is 0 Å². The van der Waals surface area contributed by atoms with Crippen LogP contribution >= 0.6 is 0 Å². The molecular formula is C9H17N. The third kappa shape index (κ3) is 2.53. The summed E-state index contributed by atoms with van der Waals surface area (Å²) in [5, 5.41) is 0. The highest BCUT2D eigenvalue weighted by atomic mass is 15.1. The Morgan fingerprint density at radius 2 is 1.90 bits per heavy atom. The summed E-state index contributed by atoms with van der Waals surface area (Å²) in [5.74, 6) is 0. The molecule has 1 aliphatic rings. The molecule has 0 aromatic carbocycles. The zero-order valence-electron chi connectivity index (χ0n) is 6.90. The van der Waals surface area contributed by atoms with E-state index in [1.807, 2.05) is 0 Å². The van der Waals surface area contributed by atoms with E-state index in [1.165, 1.54) is 37.9 Å². The van der Waals surface area contributed by atoms with Crippen molar-refractivity contribution in [2.45, 2.75) is 26.2 Å². The number of nitrogens with zero attached hydrogens (tertiary/aromatic N) is 1. The first-order chi connectivity index (χ1) is 4.79. The van der Waals surface area contributed by atoms with Gasteiger partial charge in [-0.15, -0.1) is 0 Å². The van der Waals surface area contributed by atoms with Crippen LogP contribution in [-0.4, -0.2) is 24.5 Å². The van der Waals surface area contributed by atoms with Gasteiger partial charge in [0.1, 0.15) is 0 Å². The number of likely N-dealkylation sites (tertiary alicyclic amines) is 1. The van der Waals surface area contributed by atoms with Gasteiger partial charge in [-0.25, -0.2) is 0 Å². The molecule has 0 radical (unpaired) electrons. The van der Waals surface area contributed by atoms with Crippen LogP contribution in [0.1, 0.15) is 26.2 Å². The summed E-state index contributed by atoms with van der Waals surface area (Å²) in [6.07, 6.45) is 4.19. The van der Waals surface area contributed by atoms with E-state index in [-0.39, 0.29) is 0 Å². The van der Waals surface area contributed by atoms with Crippen LogP contribution in [0.5, 0.6) is 0 Å². The minimum atomic E-state index is 1.11. The lowest BCUT2D eigenvalue weighted by Crippen LogP contribution is -2.30. The van der Waals surface area contributed by atoms with Gasteiger partial charge in [0.25, 0.3) is 0 Å². The van der Waals surface area contributed by atoms with Crippen LogP contribution in [0.3, 0.4) is 0 Å². The molecule has 0 unspecified atom stereocenters. The lowest BCUT2D eigenvalue weighted by atomic mass is 10.1. The molecule has 0 amide bonds. The second-order valence-corrected chi connectivity index (χ2v) is 3.29. The van der Waals surface area contributed by atoms with Crippen LogP contribution in [0.2, 0.25) is 0 Å². The van der Waals surface area contributed by atoms with Crippen LogP contribution in [0, 0.1) is 0 Å². The maximum Gasteiger partial charge on any atom is 0.0187 e. The Hall–Kier alpha value is -0.300.